The van der Waals surface area contributed by atoms with Gasteiger partial charge in [0.25, 0.3) is 5.91 Å². The van der Waals surface area contributed by atoms with Gasteiger partial charge >= 0.3 is 0 Å². The van der Waals surface area contributed by atoms with Crippen molar-refractivity contribution in [3.05, 3.63) is 59.2 Å². The fraction of sp³-hybridized carbons (Fsp3) is 0.333. The molecule has 5 nitrogen and oxygen atoms in total. The largest absolute Gasteiger partial charge is 0.368 e. The van der Waals surface area contributed by atoms with Gasteiger partial charge in [-0.05, 0) is 61.4 Å². The third kappa shape index (κ3) is 4.23. The van der Waals surface area contributed by atoms with Crippen LogP contribution < -0.4 is 10.2 Å². The van der Waals surface area contributed by atoms with Gasteiger partial charge in [-0.15, -0.1) is 0 Å². The zero-order valence-corrected chi connectivity index (χ0v) is 15.6. The molecule has 0 bridgehead atoms. The Morgan fingerprint density at radius 2 is 1.46 bits per heavy atom. The van der Waals surface area contributed by atoms with Crippen molar-refractivity contribution >= 4 is 23.2 Å². The molecule has 0 aliphatic carbocycles. The molecule has 2 amide bonds. The average Bonchev–Trinajstić information content (AvgIpc) is 2.60. The molecule has 1 aliphatic rings. The highest BCUT2D eigenvalue weighted by atomic mass is 16.2. The molecular formula is C21H25N3O2. The summed E-state index contributed by atoms with van der Waals surface area (Å²) in [5, 5.41) is 2.71. The Morgan fingerprint density at radius 1 is 0.885 bits per heavy atom. The van der Waals surface area contributed by atoms with E-state index in [1.165, 1.54) is 23.7 Å². The second-order valence-electron chi connectivity index (χ2n) is 6.88. The molecule has 5 heteroatoms. The Balaban J connectivity index is 1.62. The third-order valence-electron chi connectivity index (χ3n) is 4.59. The van der Waals surface area contributed by atoms with Crippen LogP contribution in [0.2, 0.25) is 0 Å². The van der Waals surface area contributed by atoms with E-state index in [4.69, 9.17) is 0 Å². The van der Waals surface area contributed by atoms with Gasteiger partial charge in [-0.2, -0.15) is 0 Å². The first-order valence-corrected chi connectivity index (χ1v) is 8.92. The van der Waals surface area contributed by atoms with E-state index in [0.29, 0.717) is 24.3 Å². The Kier molecular flexibility index (Phi) is 5.26. The number of nitrogens with one attached hydrogen (secondary N) is 1. The van der Waals surface area contributed by atoms with Crippen molar-refractivity contribution in [1.29, 1.82) is 0 Å². The fourth-order valence-corrected chi connectivity index (χ4v) is 3.38. The van der Waals surface area contributed by atoms with Crippen LogP contribution in [0, 0.1) is 13.8 Å². The molecule has 1 fully saturated rings. The molecule has 0 saturated carbocycles. The van der Waals surface area contributed by atoms with E-state index in [1.54, 1.807) is 24.3 Å². The normalized spacial score (nSPS) is 14.3. The summed E-state index contributed by atoms with van der Waals surface area (Å²) in [4.78, 5) is 28.0. The molecule has 0 radical (unpaired) electrons. The smallest absolute Gasteiger partial charge is 0.253 e. The first-order valence-electron chi connectivity index (χ1n) is 8.92. The number of hydrogen-bond donors (Lipinski definition) is 1. The molecule has 1 saturated heterocycles. The minimum Gasteiger partial charge on any atom is -0.368 e. The minimum atomic E-state index is -0.119. The van der Waals surface area contributed by atoms with Gasteiger partial charge in [0.1, 0.15) is 0 Å². The fourth-order valence-electron chi connectivity index (χ4n) is 3.38. The van der Waals surface area contributed by atoms with Gasteiger partial charge in [-0.1, -0.05) is 6.07 Å². The van der Waals surface area contributed by atoms with E-state index in [2.05, 4.69) is 42.3 Å². The van der Waals surface area contributed by atoms with E-state index in [0.717, 1.165) is 13.1 Å². The number of anilines is 2. The maximum Gasteiger partial charge on any atom is 0.253 e. The quantitative estimate of drug-likeness (QED) is 0.924. The lowest BCUT2D eigenvalue weighted by Crippen LogP contribution is -2.48. The van der Waals surface area contributed by atoms with Crippen molar-refractivity contribution in [2.24, 2.45) is 0 Å². The number of nitrogens with zero attached hydrogens (tertiary/aromatic N) is 2. The number of amides is 2. The van der Waals surface area contributed by atoms with Gasteiger partial charge in [0.2, 0.25) is 5.91 Å². The van der Waals surface area contributed by atoms with E-state index < -0.39 is 0 Å². The number of hydrogen-bond acceptors (Lipinski definition) is 3. The molecule has 26 heavy (non-hydrogen) atoms. The molecule has 1 aliphatic heterocycles. The standard InChI is InChI=1S/C21H25N3O2/c1-15-12-16(2)14-20(13-15)23-8-10-24(11-9-23)21(26)18-4-6-19(7-5-18)22-17(3)25/h4-7,12-14H,8-11H2,1-3H3,(H,22,25). The van der Waals surface area contributed by atoms with Crippen LogP contribution in [0.15, 0.2) is 42.5 Å². The van der Waals surface area contributed by atoms with Crippen molar-refractivity contribution in [3.63, 3.8) is 0 Å². The zero-order valence-electron chi connectivity index (χ0n) is 15.6. The monoisotopic (exact) mass is 351 g/mol. The van der Waals surface area contributed by atoms with Crippen molar-refractivity contribution in [2.75, 3.05) is 36.4 Å². The first kappa shape index (κ1) is 18.0. The molecular weight excluding hydrogens is 326 g/mol. The summed E-state index contributed by atoms with van der Waals surface area (Å²) >= 11 is 0. The lowest BCUT2D eigenvalue weighted by atomic mass is 10.1. The van der Waals surface area contributed by atoms with Crippen LogP contribution in [-0.4, -0.2) is 42.9 Å². The molecule has 0 atom stereocenters. The van der Waals surface area contributed by atoms with E-state index in [9.17, 15) is 9.59 Å². The molecule has 3 rings (SSSR count). The van der Waals surface area contributed by atoms with Crippen LogP contribution in [0.25, 0.3) is 0 Å². The molecule has 0 aromatic heterocycles. The van der Waals surface area contributed by atoms with Crippen LogP contribution in [0.1, 0.15) is 28.4 Å². The van der Waals surface area contributed by atoms with Gasteiger partial charge in [0.15, 0.2) is 0 Å². The van der Waals surface area contributed by atoms with Gasteiger partial charge in [-0.25, -0.2) is 0 Å². The maximum atomic E-state index is 12.7. The number of carbonyl (C=O) groups is 2. The molecule has 0 unspecified atom stereocenters. The number of piperazine rings is 1. The first-order chi connectivity index (χ1) is 12.4. The summed E-state index contributed by atoms with van der Waals surface area (Å²) in [7, 11) is 0. The molecule has 1 N–H and O–H groups in total. The van der Waals surface area contributed by atoms with Gasteiger partial charge in [-0.3, -0.25) is 9.59 Å². The van der Waals surface area contributed by atoms with Gasteiger partial charge in [0.05, 0.1) is 0 Å². The highest BCUT2D eigenvalue weighted by molar-refractivity contribution is 5.95. The maximum absolute atomic E-state index is 12.7. The summed E-state index contributed by atoms with van der Waals surface area (Å²) in [6.07, 6.45) is 0. The highest BCUT2D eigenvalue weighted by Gasteiger charge is 2.22. The Morgan fingerprint density at radius 3 is 2.00 bits per heavy atom. The van der Waals surface area contributed by atoms with Gasteiger partial charge < -0.3 is 15.1 Å². The van der Waals surface area contributed by atoms with Crippen molar-refractivity contribution in [3.8, 4) is 0 Å². The van der Waals surface area contributed by atoms with Crippen LogP contribution in [0.3, 0.4) is 0 Å². The summed E-state index contributed by atoms with van der Waals surface area (Å²) < 4.78 is 0. The Labute approximate surface area is 154 Å². The van der Waals surface area contributed by atoms with Crippen molar-refractivity contribution in [1.82, 2.24) is 4.90 Å². The second kappa shape index (κ2) is 7.60. The van der Waals surface area contributed by atoms with Gasteiger partial charge in [0, 0.05) is 50.0 Å². The third-order valence-corrected chi connectivity index (χ3v) is 4.59. The summed E-state index contributed by atoms with van der Waals surface area (Å²) in [6, 6.07) is 13.6. The summed E-state index contributed by atoms with van der Waals surface area (Å²) in [5.41, 5.74) is 5.11. The lowest BCUT2D eigenvalue weighted by Gasteiger charge is -2.36. The van der Waals surface area contributed by atoms with Crippen molar-refractivity contribution in [2.45, 2.75) is 20.8 Å². The topological polar surface area (TPSA) is 52.7 Å². The second-order valence-corrected chi connectivity index (χ2v) is 6.88. The average molecular weight is 351 g/mol. The van der Waals surface area contributed by atoms with Crippen LogP contribution in [-0.2, 0) is 4.79 Å². The lowest BCUT2D eigenvalue weighted by molar-refractivity contribution is -0.114. The van der Waals surface area contributed by atoms with Crippen LogP contribution in [0.5, 0.6) is 0 Å². The predicted octanol–water partition coefficient (Wildman–Crippen LogP) is 3.22. The molecule has 2 aromatic rings. The van der Waals surface area contributed by atoms with Crippen molar-refractivity contribution < 1.29 is 9.59 Å². The summed E-state index contributed by atoms with van der Waals surface area (Å²) in [6.45, 7) is 8.77. The van der Waals surface area contributed by atoms with E-state index in [-0.39, 0.29) is 11.8 Å². The Hall–Kier alpha value is -2.82. The number of rotatable bonds is 3. The molecule has 136 valence electrons. The number of benzene rings is 2. The Bertz CT molecular complexity index is 786. The SMILES string of the molecule is CC(=O)Nc1ccc(C(=O)N2CCN(c3cc(C)cc(C)c3)CC2)cc1. The molecule has 1 heterocycles. The van der Waals surface area contributed by atoms with E-state index in [1.807, 2.05) is 4.90 Å². The molecule has 2 aromatic carbocycles. The number of aryl methyl sites for hydroxylation is 2. The van der Waals surface area contributed by atoms with Crippen LogP contribution in [0.4, 0.5) is 11.4 Å². The summed E-state index contributed by atoms with van der Waals surface area (Å²) in [5.74, 6) is -0.0777. The van der Waals surface area contributed by atoms with E-state index >= 15 is 0 Å². The minimum absolute atomic E-state index is 0.0412. The van der Waals surface area contributed by atoms with Crippen LogP contribution >= 0.6 is 0 Å². The molecule has 0 spiro atoms. The predicted molar refractivity (Wildman–Crippen MR) is 105 cm³/mol. The number of carbonyl (C=O) groups excluding carboxylic acids is 2. The zero-order chi connectivity index (χ0) is 18.7. The highest BCUT2D eigenvalue weighted by Crippen LogP contribution is 2.21.